The Balaban J connectivity index is 2.11. The van der Waals surface area contributed by atoms with Crippen LogP contribution in [0.4, 0.5) is 10.6 Å². The topological polar surface area (TPSA) is 82.4 Å². The minimum absolute atomic E-state index is 0.154. The zero-order valence-corrected chi connectivity index (χ0v) is 15.7. The van der Waals surface area contributed by atoms with Gasteiger partial charge in [0.1, 0.15) is 17.2 Å². The SMILES string of the molecule is CSc1nc(Cl)c(C#N)c(N2CCN(C(=O)OC(C)(C)C)CC2)n1. The maximum absolute atomic E-state index is 12.1. The van der Waals surface area contributed by atoms with E-state index in [9.17, 15) is 10.1 Å². The molecule has 2 rings (SSSR count). The highest BCUT2D eigenvalue weighted by atomic mass is 35.5. The Kier molecular flexibility index (Phi) is 5.78. The number of ether oxygens (including phenoxy) is 1. The number of hydrogen-bond donors (Lipinski definition) is 0. The van der Waals surface area contributed by atoms with Crippen molar-refractivity contribution in [1.29, 1.82) is 5.26 Å². The zero-order chi connectivity index (χ0) is 17.9. The van der Waals surface area contributed by atoms with E-state index in [0.29, 0.717) is 37.2 Å². The van der Waals surface area contributed by atoms with Crippen molar-refractivity contribution >= 4 is 35.3 Å². The zero-order valence-electron chi connectivity index (χ0n) is 14.2. The highest BCUT2D eigenvalue weighted by Crippen LogP contribution is 2.27. The van der Waals surface area contributed by atoms with Crippen LogP contribution >= 0.6 is 23.4 Å². The maximum atomic E-state index is 12.1. The summed E-state index contributed by atoms with van der Waals surface area (Å²) in [7, 11) is 0. The Morgan fingerprint density at radius 2 is 1.92 bits per heavy atom. The van der Waals surface area contributed by atoms with Gasteiger partial charge in [-0.15, -0.1) is 0 Å². The summed E-state index contributed by atoms with van der Waals surface area (Å²) in [4.78, 5) is 24.2. The van der Waals surface area contributed by atoms with Crippen LogP contribution < -0.4 is 4.90 Å². The molecule has 9 heteroatoms. The summed E-state index contributed by atoms with van der Waals surface area (Å²) in [5, 5.41) is 10.0. The van der Waals surface area contributed by atoms with Crippen molar-refractivity contribution in [3.8, 4) is 6.07 Å². The normalized spacial score (nSPS) is 15.2. The predicted octanol–water partition coefficient (Wildman–Crippen LogP) is 2.78. The van der Waals surface area contributed by atoms with Gasteiger partial charge in [0.25, 0.3) is 0 Å². The second kappa shape index (κ2) is 7.45. The standard InChI is InChI=1S/C15H20ClN5O2S/c1-15(2,3)23-14(22)21-7-5-20(6-8-21)12-10(9-17)11(16)18-13(19-12)24-4/h5-8H2,1-4H3. The lowest BCUT2D eigenvalue weighted by Gasteiger charge is -2.36. The number of halogens is 1. The lowest BCUT2D eigenvalue weighted by atomic mass is 10.2. The molecule has 0 aromatic carbocycles. The van der Waals surface area contributed by atoms with Crippen LogP contribution in [-0.4, -0.2) is 59.0 Å². The van der Waals surface area contributed by atoms with Crippen LogP contribution in [-0.2, 0) is 4.74 Å². The fraction of sp³-hybridized carbons (Fsp3) is 0.600. The molecule has 7 nitrogen and oxygen atoms in total. The summed E-state index contributed by atoms with van der Waals surface area (Å²) in [5.41, 5.74) is -0.254. The number of rotatable bonds is 2. The summed E-state index contributed by atoms with van der Waals surface area (Å²) in [6.45, 7) is 7.61. The van der Waals surface area contributed by atoms with E-state index < -0.39 is 5.60 Å². The fourth-order valence-corrected chi connectivity index (χ4v) is 2.86. The first-order chi connectivity index (χ1) is 11.2. The summed E-state index contributed by atoms with van der Waals surface area (Å²) in [6, 6.07) is 2.06. The Labute approximate surface area is 150 Å². The molecule has 1 aromatic heterocycles. The van der Waals surface area contributed by atoms with E-state index in [1.54, 1.807) is 4.90 Å². The molecule has 24 heavy (non-hydrogen) atoms. The monoisotopic (exact) mass is 369 g/mol. The van der Waals surface area contributed by atoms with Crippen molar-refractivity contribution in [2.75, 3.05) is 37.3 Å². The minimum Gasteiger partial charge on any atom is -0.444 e. The number of nitrogens with zero attached hydrogens (tertiary/aromatic N) is 5. The largest absolute Gasteiger partial charge is 0.444 e. The molecule has 0 unspecified atom stereocenters. The Hall–Kier alpha value is -1.72. The van der Waals surface area contributed by atoms with Crippen LogP contribution in [0.2, 0.25) is 5.15 Å². The van der Waals surface area contributed by atoms with Crippen molar-refractivity contribution in [2.24, 2.45) is 0 Å². The number of thioether (sulfide) groups is 1. The molecule has 0 radical (unpaired) electrons. The Bertz CT molecular complexity index is 663. The number of nitriles is 1. The van der Waals surface area contributed by atoms with Gasteiger partial charge in [0.2, 0.25) is 0 Å². The number of anilines is 1. The maximum Gasteiger partial charge on any atom is 0.410 e. The second-order valence-corrected chi connectivity index (χ2v) is 7.40. The second-order valence-electron chi connectivity index (χ2n) is 6.27. The average Bonchev–Trinajstić information content (AvgIpc) is 2.52. The lowest BCUT2D eigenvalue weighted by Crippen LogP contribution is -2.50. The van der Waals surface area contributed by atoms with Gasteiger partial charge in [-0.1, -0.05) is 23.4 Å². The van der Waals surface area contributed by atoms with Crippen molar-refractivity contribution in [1.82, 2.24) is 14.9 Å². The number of hydrogen-bond acceptors (Lipinski definition) is 7. The van der Waals surface area contributed by atoms with E-state index in [2.05, 4.69) is 16.0 Å². The van der Waals surface area contributed by atoms with Gasteiger partial charge in [-0.05, 0) is 27.0 Å². The molecule has 1 aliphatic rings. The number of carbonyl (C=O) groups excluding carboxylic acids is 1. The van der Waals surface area contributed by atoms with E-state index in [1.165, 1.54) is 11.8 Å². The molecular weight excluding hydrogens is 350 g/mol. The summed E-state index contributed by atoms with van der Waals surface area (Å²) in [5.74, 6) is 0.519. The van der Waals surface area contributed by atoms with Crippen molar-refractivity contribution in [3.63, 3.8) is 0 Å². The molecule has 0 saturated carbocycles. The molecule has 130 valence electrons. The molecule has 1 saturated heterocycles. The van der Waals surface area contributed by atoms with Gasteiger partial charge < -0.3 is 14.5 Å². The summed E-state index contributed by atoms with van der Waals surface area (Å²) >= 11 is 7.45. The van der Waals surface area contributed by atoms with Crippen LogP contribution in [0.1, 0.15) is 26.3 Å². The van der Waals surface area contributed by atoms with Crippen molar-refractivity contribution in [3.05, 3.63) is 10.7 Å². The first-order valence-electron chi connectivity index (χ1n) is 7.49. The molecule has 1 fully saturated rings. The Morgan fingerprint density at radius 1 is 1.29 bits per heavy atom. The van der Waals surface area contributed by atoms with Gasteiger partial charge in [-0.3, -0.25) is 0 Å². The number of amides is 1. The van der Waals surface area contributed by atoms with Crippen LogP contribution in [0.25, 0.3) is 0 Å². The third-order valence-electron chi connectivity index (χ3n) is 3.35. The minimum atomic E-state index is -0.518. The smallest absolute Gasteiger partial charge is 0.410 e. The Morgan fingerprint density at radius 3 is 2.42 bits per heavy atom. The molecule has 0 bridgehead atoms. The molecular formula is C15H20ClN5O2S. The third kappa shape index (κ3) is 4.42. The average molecular weight is 370 g/mol. The summed E-state index contributed by atoms with van der Waals surface area (Å²) in [6.07, 6.45) is 1.52. The van der Waals surface area contributed by atoms with Gasteiger partial charge in [-0.2, -0.15) is 5.26 Å². The summed E-state index contributed by atoms with van der Waals surface area (Å²) < 4.78 is 5.38. The highest BCUT2D eigenvalue weighted by molar-refractivity contribution is 7.98. The van der Waals surface area contributed by atoms with E-state index >= 15 is 0 Å². The number of piperazine rings is 1. The van der Waals surface area contributed by atoms with Crippen molar-refractivity contribution in [2.45, 2.75) is 31.5 Å². The van der Waals surface area contributed by atoms with Crippen LogP contribution in [0, 0.1) is 11.3 Å². The molecule has 0 aliphatic carbocycles. The van der Waals surface area contributed by atoms with Crippen molar-refractivity contribution < 1.29 is 9.53 Å². The quantitative estimate of drug-likeness (QED) is 0.450. The predicted molar refractivity (Wildman–Crippen MR) is 93.6 cm³/mol. The fourth-order valence-electron chi connectivity index (χ4n) is 2.25. The van der Waals surface area contributed by atoms with Crippen LogP contribution in [0.5, 0.6) is 0 Å². The van der Waals surface area contributed by atoms with E-state index in [0.717, 1.165) is 0 Å². The van der Waals surface area contributed by atoms with Crippen LogP contribution in [0.3, 0.4) is 0 Å². The first kappa shape index (κ1) is 18.6. The third-order valence-corrected chi connectivity index (χ3v) is 4.17. The van der Waals surface area contributed by atoms with E-state index in [4.69, 9.17) is 16.3 Å². The molecule has 1 amide bonds. The molecule has 0 N–H and O–H groups in total. The first-order valence-corrected chi connectivity index (χ1v) is 9.10. The van der Waals surface area contributed by atoms with Crippen LogP contribution in [0.15, 0.2) is 5.16 Å². The molecule has 2 heterocycles. The van der Waals surface area contributed by atoms with Gasteiger partial charge in [0.05, 0.1) is 0 Å². The number of aromatic nitrogens is 2. The lowest BCUT2D eigenvalue weighted by molar-refractivity contribution is 0.0240. The highest BCUT2D eigenvalue weighted by Gasteiger charge is 2.28. The molecule has 1 aliphatic heterocycles. The van der Waals surface area contributed by atoms with Gasteiger partial charge in [0.15, 0.2) is 16.1 Å². The molecule has 0 spiro atoms. The van der Waals surface area contributed by atoms with E-state index in [1.807, 2.05) is 31.9 Å². The van der Waals surface area contributed by atoms with Gasteiger partial charge >= 0.3 is 6.09 Å². The van der Waals surface area contributed by atoms with E-state index in [-0.39, 0.29) is 16.8 Å². The van der Waals surface area contributed by atoms with Gasteiger partial charge in [-0.25, -0.2) is 14.8 Å². The molecule has 1 aromatic rings. The van der Waals surface area contributed by atoms with Gasteiger partial charge in [0, 0.05) is 26.2 Å². The molecule has 0 atom stereocenters. The number of carbonyl (C=O) groups is 1.